The Labute approximate surface area is 130 Å². The molecule has 0 saturated heterocycles. The first-order valence-corrected chi connectivity index (χ1v) is 7.55. The molecule has 1 aromatic carbocycles. The van der Waals surface area contributed by atoms with Gasteiger partial charge in [0.2, 0.25) is 0 Å². The maximum atomic E-state index is 9.98. The van der Waals surface area contributed by atoms with E-state index in [2.05, 4.69) is 0 Å². The van der Waals surface area contributed by atoms with Gasteiger partial charge in [0, 0.05) is 0 Å². The first-order chi connectivity index (χ1) is 9.40. The minimum absolute atomic E-state index is 0.0393. The van der Waals surface area contributed by atoms with Gasteiger partial charge in [-0.15, -0.1) is 0 Å². The third kappa shape index (κ3) is 4.52. The maximum Gasteiger partial charge on any atom is 0.156 e. The van der Waals surface area contributed by atoms with Crippen LogP contribution in [0.25, 0.3) is 0 Å². The molecule has 0 aliphatic rings. The Morgan fingerprint density at radius 2 is 1.70 bits per heavy atom. The maximum absolute atomic E-state index is 9.98. The Hall–Kier alpha value is -0.480. The summed E-state index contributed by atoms with van der Waals surface area (Å²) in [4.78, 5) is 0. The number of hydrogen-bond donors (Lipinski definition) is 2. The highest BCUT2D eigenvalue weighted by atomic mass is 35.5. The Kier molecular flexibility index (Phi) is 7.10. The normalized spacial score (nSPS) is 15.8. The number of methoxy groups -OCH3 is 1. The van der Waals surface area contributed by atoms with Crippen molar-refractivity contribution in [3.05, 3.63) is 27.7 Å². The molecule has 0 fully saturated rings. The van der Waals surface area contributed by atoms with Crippen molar-refractivity contribution in [3.8, 4) is 5.75 Å². The van der Waals surface area contributed by atoms with E-state index in [0.29, 0.717) is 28.6 Å². The predicted octanol–water partition coefficient (Wildman–Crippen LogP) is 4.02. The molecular formula is C15H22Cl2O3. The molecule has 0 radical (unpaired) electrons. The van der Waals surface area contributed by atoms with Gasteiger partial charge < -0.3 is 14.9 Å². The molecular weight excluding hydrogens is 299 g/mol. The molecule has 2 N–H and O–H groups in total. The monoisotopic (exact) mass is 320 g/mol. The second-order valence-electron chi connectivity index (χ2n) is 5.08. The minimum atomic E-state index is -0.746. The molecule has 114 valence electrons. The Balaban J connectivity index is 2.80. The van der Waals surface area contributed by atoms with Crippen molar-refractivity contribution >= 4 is 23.2 Å². The zero-order chi connectivity index (χ0) is 15.3. The van der Waals surface area contributed by atoms with E-state index in [1.165, 1.54) is 7.11 Å². The second-order valence-corrected chi connectivity index (χ2v) is 5.89. The number of ether oxygens (including phenoxy) is 1. The van der Waals surface area contributed by atoms with Gasteiger partial charge in [-0.25, -0.2) is 0 Å². The van der Waals surface area contributed by atoms with Gasteiger partial charge in [-0.1, -0.05) is 43.5 Å². The van der Waals surface area contributed by atoms with Crippen LogP contribution in [0.2, 0.25) is 10.0 Å². The minimum Gasteiger partial charge on any atom is -0.494 e. The molecule has 1 rings (SSSR count). The lowest BCUT2D eigenvalue weighted by molar-refractivity contribution is 0.00638. The molecule has 3 atom stereocenters. The van der Waals surface area contributed by atoms with Crippen LogP contribution >= 0.6 is 23.2 Å². The summed E-state index contributed by atoms with van der Waals surface area (Å²) >= 11 is 12.2. The SMILES string of the molecule is CCCC(O)C(O)CC(C)c1cc(Cl)c(OC)c(Cl)c1. The Bertz CT molecular complexity index is 414. The lowest BCUT2D eigenvalue weighted by Crippen LogP contribution is -2.27. The topological polar surface area (TPSA) is 49.7 Å². The summed E-state index contributed by atoms with van der Waals surface area (Å²) in [6, 6.07) is 3.58. The average Bonchev–Trinajstić information content (AvgIpc) is 2.38. The lowest BCUT2D eigenvalue weighted by Gasteiger charge is -2.22. The highest BCUT2D eigenvalue weighted by Gasteiger charge is 2.20. The van der Waals surface area contributed by atoms with Crippen LogP contribution in [0.15, 0.2) is 12.1 Å². The molecule has 0 bridgehead atoms. The standard InChI is InChI=1S/C15H22Cl2O3/c1-4-5-13(18)14(19)6-9(2)10-7-11(16)15(20-3)12(17)8-10/h7-9,13-14,18-19H,4-6H2,1-3H3. The molecule has 3 unspecified atom stereocenters. The smallest absolute Gasteiger partial charge is 0.156 e. The molecule has 0 spiro atoms. The van der Waals surface area contributed by atoms with Crippen molar-refractivity contribution in [2.75, 3.05) is 7.11 Å². The van der Waals surface area contributed by atoms with E-state index in [1.54, 1.807) is 12.1 Å². The van der Waals surface area contributed by atoms with Crippen molar-refractivity contribution in [1.82, 2.24) is 0 Å². The van der Waals surface area contributed by atoms with Crippen LogP contribution in [-0.2, 0) is 0 Å². The molecule has 1 aromatic rings. The summed E-state index contributed by atoms with van der Waals surface area (Å²) < 4.78 is 5.11. The van der Waals surface area contributed by atoms with Crippen LogP contribution in [0.3, 0.4) is 0 Å². The predicted molar refractivity (Wildman–Crippen MR) is 83.0 cm³/mol. The van der Waals surface area contributed by atoms with E-state index in [0.717, 1.165) is 12.0 Å². The van der Waals surface area contributed by atoms with E-state index < -0.39 is 12.2 Å². The summed E-state index contributed by atoms with van der Waals surface area (Å²) in [6.45, 7) is 3.94. The van der Waals surface area contributed by atoms with Crippen LogP contribution in [0, 0.1) is 0 Å². The third-order valence-corrected chi connectivity index (χ3v) is 3.98. The van der Waals surface area contributed by atoms with E-state index in [-0.39, 0.29) is 5.92 Å². The molecule has 5 heteroatoms. The molecule has 0 aromatic heterocycles. The van der Waals surface area contributed by atoms with Crippen LogP contribution in [-0.4, -0.2) is 29.5 Å². The van der Waals surface area contributed by atoms with Gasteiger partial charge in [0.1, 0.15) is 0 Å². The van der Waals surface area contributed by atoms with E-state index >= 15 is 0 Å². The lowest BCUT2D eigenvalue weighted by atomic mass is 9.92. The molecule has 20 heavy (non-hydrogen) atoms. The first kappa shape index (κ1) is 17.6. The fourth-order valence-electron chi connectivity index (χ4n) is 2.20. The zero-order valence-electron chi connectivity index (χ0n) is 12.1. The van der Waals surface area contributed by atoms with Crippen molar-refractivity contribution in [1.29, 1.82) is 0 Å². The first-order valence-electron chi connectivity index (χ1n) is 6.79. The Morgan fingerprint density at radius 3 is 2.15 bits per heavy atom. The summed E-state index contributed by atoms with van der Waals surface area (Å²) in [5.74, 6) is 0.494. The number of aliphatic hydroxyl groups is 2. The molecule has 0 aliphatic carbocycles. The number of hydrogen-bond acceptors (Lipinski definition) is 3. The van der Waals surface area contributed by atoms with Crippen LogP contribution in [0.4, 0.5) is 0 Å². The fourth-order valence-corrected chi connectivity index (χ4v) is 2.86. The van der Waals surface area contributed by atoms with Crippen molar-refractivity contribution in [2.45, 2.75) is 51.2 Å². The third-order valence-electron chi connectivity index (χ3n) is 3.42. The highest BCUT2D eigenvalue weighted by Crippen LogP contribution is 2.37. The van der Waals surface area contributed by atoms with Crippen molar-refractivity contribution in [2.24, 2.45) is 0 Å². The van der Waals surface area contributed by atoms with E-state index in [1.807, 2.05) is 13.8 Å². The van der Waals surface area contributed by atoms with Gasteiger partial charge in [-0.3, -0.25) is 0 Å². The molecule has 0 aliphatic heterocycles. The van der Waals surface area contributed by atoms with Crippen LogP contribution in [0.5, 0.6) is 5.75 Å². The summed E-state index contributed by atoms with van der Waals surface area (Å²) in [6.07, 6.45) is 0.460. The zero-order valence-corrected chi connectivity index (χ0v) is 13.6. The summed E-state index contributed by atoms with van der Waals surface area (Å²) in [7, 11) is 1.51. The molecule has 0 amide bonds. The number of rotatable bonds is 7. The number of halogens is 2. The van der Waals surface area contributed by atoms with Crippen LogP contribution < -0.4 is 4.74 Å². The second kappa shape index (κ2) is 8.08. The average molecular weight is 321 g/mol. The summed E-state index contributed by atoms with van der Waals surface area (Å²) in [5, 5.41) is 20.7. The molecule has 3 nitrogen and oxygen atoms in total. The number of aliphatic hydroxyl groups excluding tert-OH is 2. The van der Waals surface area contributed by atoms with Crippen molar-refractivity contribution in [3.63, 3.8) is 0 Å². The van der Waals surface area contributed by atoms with E-state index in [9.17, 15) is 10.2 Å². The fraction of sp³-hybridized carbons (Fsp3) is 0.600. The van der Waals surface area contributed by atoms with Gasteiger partial charge >= 0.3 is 0 Å². The van der Waals surface area contributed by atoms with E-state index in [4.69, 9.17) is 27.9 Å². The highest BCUT2D eigenvalue weighted by molar-refractivity contribution is 6.37. The summed E-state index contributed by atoms with van der Waals surface area (Å²) in [5.41, 5.74) is 0.920. The largest absolute Gasteiger partial charge is 0.494 e. The van der Waals surface area contributed by atoms with Crippen LogP contribution in [0.1, 0.15) is 44.6 Å². The number of benzene rings is 1. The van der Waals surface area contributed by atoms with Gasteiger partial charge in [0.05, 0.1) is 29.4 Å². The molecule has 0 heterocycles. The van der Waals surface area contributed by atoms with Gasteiger partial charge in [0.25, 0.3) is 0 Å². The van der Waals surface area contributed by atoms with Gasteiger partial charge in [0.15, 0.2) is 5.75 Å². The van der Waals surface area contributed by atoms with Crippen molar-refractivity contribution < 1.29 is 14.9 Å². The van der Waals surface area contributed by atoms with Gasteiger partial charge in [-0.05, 0) is 36.5 Å². The Morgan fingerprint density at radius 1 is 1.15 bits per heavy atom. The van der Waals surface area contributed by atoms with Gasteiger partial charge in [-0.2, -0.15) is 0 Å². The quantitative estimate of drug-likeness (QED) is 0.797. The molecule has 0 saturated carbocycles.